The van der Waals surface area contributed by atoms with Crippen LogP contribution in [-0.4, -0.2) is 29.7 Å². The van der Waals surface area contributed by atoms with Gasteiger partial charge in [-0.15, -0.1) is 0 Å². The minimum absolute atomic E-state index is 0.436. The van der Waals surface area contributed by atoms with Crippen LogP contribution in [0.3, 0.4) is 0 Å². The van der Waals surface area contributed by atoms with Crippen molar-refractivity contribution in [1.82, 2.24) is 15.3 Å². The highest BCUT2D eigenvalue weighted by Gasteiger charge is 2.14. The average Bonchev–Trinajstić information content (AvgIpc) is 2.36. The lowest BCUT2D eigenvalue weighted by Crippen LogP contribution is -2.21. The molecule has 0 saturated heterocycles. The van der Waals surface area contributed by atoms with Crippen LogP contribution in [0.1, 0.15) is 55.9 Å². The third kappa shape index (κ3) is 4.88. The Hall–Kier alpha value is -1.00. The zero-order chi connectivity index (χ0) is 14.3. The number of aryl methyl sites for hydroxylation is 2. The zero-order valence-electron chi connectivity index (χ0n) is 12.9. The van der Waals surface area contributed by atoms with Crippen molar-refractivity contribution < 1.29 is 4.74 Å². The van der Waals surface area contributed by atoms with E-state index in [1.165, 1.54) is 5.56 Å². The van der Waals surface area contributed by atoms with Gasteiger partial charge < -0.3 is 10.1 Å². The van der Waals surface area contributed by atoms with Crippen LogP contribution < -0.4 is 5.32 Å². The molecule has 1 aromatic rings. The lowest BCUT2D eigenvalue weighted by atomic mass is 9.98. The monoisotopic (exact) mass is 265 g/mol. The summed E-state index contributed by atoms with van der Waals surface area (Å²) in [7, 11) is 0. The normalized spacial score (nSPS) is 12.7. The quantitative estimate of drug-likeness (QED) is 0.734. The number of hydrogen-bond acceptors (Lipinski definition) is 4. The third-order valence-electron chi connectivity index (χ3n) is 3.15. The van der Waals surface area contributed by atoms with Gasteiger partial charge in [0.05, 0.1) is 0 Å². The highest BCUT2D eigenvalue weighted by atomic mass is 16.5. The molecule has 1 aromatic heterocycles. The molecular weight excluding hydrogens is 238 g/mol. The van der Waals surface area contributed by atoms with E-state index in [-0.39, 0.29) is 0 Å². The molecule has 0 aliphatic heterocycles. The molecule has 1 unspecified atom stereocenters. The summed E-state index contributed by atoms with van der Waals surface area (Å²) in [5.41, 5.74) is 3.42. The van der Waals surface area contributed by atoms with Gasteiger partial charge in [-0.3, -0.25) is 0 Å². The molecule has 0 fully saturated rings. The SMILES string of the molecule is CCCOCc1nc(C)c(C(C)CNCC)c(C)n1. The Morgan fingerprint density at radius 3 is 2.32 bits per heavy atom. The standard InChI is InChI=1S/C15H27N3O/c1-6-8-19-10-14-17-12(4)15(13(5)18-14)11(3)9-16-7-2/h11,16H,6-10H2,1-5H3. The van der Waals surface area contributed by atoms with Gasteiger partial charge in [-0.25, -0.2) is 9.97 Å². The van der Waals surface area contributed by atoms with Crippen molar-refractivity contribution in [3.63, 3.8) is 0 Å². The Labute approximate surface area is 117 Å². The van der Waals surface area contributed by atoms with Gasteiger partial charge in [0.25, 0.3) is 0 Å². The molecule has 0 radical (unpaired) electrons. The summed E-state index contributed by atoms with van der Waals surface area (Å²) in [5, 5.41) is 3.38. The zero-order valence-corrected chi connectivity index (χ0v) is 12.9. The van der Waals surface area contributed by atoms with Crippen molar-refractivity contribution in [2.24, 2.45) is 0 Å². The van der Waals surface area contributed by atoms with Gasteiger partial charge in [0.2, 0.25) is 0 Å². The summed E-state index contributed by atoms with van der Waals surface area (Å²) in [6.45, 7) is 13.8. The van der Waals surface area contributed by atoms with Crippen molar-refractivity contribution in [3.05, 3.63) is 22.8 Å². The first-order chi connectivity index (χ1) is 9.10. The maximum absolute atomic E-state index is 5.51. The number of rotatable bonds is 8. The van der Waals surface area contributed by atoms with Gasteiger partial charge in [0.15, 0.2) is 5.82 Å². The molecule has 1 heterocycles. The van der Waals surface area contributed by atoms with E-state index in [0.29, 0.717) is 12.5 Å². The number of aromatic nitrogens is 2. The second-order valence-corrected chi connectivity index (χ2v) is 4.99. The van der Waals surface area contributed by atoms with E-state index in [1.54, 1.807) is 0 Å². The van der Waals surface area contributed by atoms with Crippen LogP contribution in [0.5, 0.6) is 0 Å². The lowest BCUT2D eigenvalue weighted by Gasteiger charge is -2.17. The van der Waals surface area contributed by atoms with Crippen LogP contribution in [0.25, 0.3) is 0 Å². The summed E-state index contributed by atoms with van der Waals surface area (Å²) >= 11 is 0. The average molecular weight is 265 g/mol. The molecule has 0 aliphatic rings. The topological polar surface area (TPSA) is 47.0 Å². The van der Waals surface area contributed by atoms with Crippen molar-refractivity contribution in [2.75, 3.05) is 19.7 Å². The summed E-state index contributed by atoms with van der Waals surface area (Å²) in [4.78, 5) is 9.14. The van der Waals surface area contributed by atoms with E-state index in [4.69, 9.17) is 4.74 Å². The molecule has 4 nitrogen and oxygen atoms in total. The molecule has 108 valence electrons. The fourth-order valence-corrected chi connectivity index (χ4v) is 2.34. The summed E-state index contributed by atoms with van der Waals surface area (Å²) < 4.78 is 5.51. The second-order valence-electron chi connectivity index (χ2n) is 4.99. The largest absolute Gasteiger partial charge is 0.373 e. The first-order valence-corrected chi connectivity index (χ1v) is 7.22. The van der Waals surface area contributed by atoms with Crippen molar-refractivity contribution in [2.45, 2.75) is 53.6 Å². The van der Waals surface area contributed by atoms with Gasteiger partial charge in [-0.2, -0.15) is 0 Å². The number of nitrogens with zero attached hydrogens (tertiary/aromatic N) is 2. The van der Waals surface area contributed by atoms with E-state index in [9.17, 15) is 0 Å². The molecule has 1 N–H and O–H groups in total. The van der Waals surface area contributed by atoms with Crippen LogP contribution >= 0.6 is 0 Å². The number of likely N-dealkylation sites (N-methyl/N-ethyl adjacent to an activating group) is 1. The Morgan fingerprint density at radius 2 is 1.79 bits per heavy atom. The molecule has 0 amide bonds. The minimum Gasteiger partial charge on any atom is -0.373 e. The Kier molecular flexibility index (Phi) is 6.95. The van der Waals surface area contributed by atoms with Crippen molar-refractivity contribution >= 4 is 0 Å². The molecule has 19 heavy (non-hydrogen) atoms. The number of ether oxygens (including phenoxy) is 1. The van der Waals surface area contributed by atoms with Crippen LogP contribution in [0.2, 0.25) is 0 Å². The van der Waals surface area contributed by atoms with Crippen LogP contribution in [0.4, 0.5) is 0 Å². The van der Waals surface area contributed by atoms with E-state index >= 15 is 0 Å². The molecule has 0 aromatic carbocycles. The van der Waals surface area contributed by atoms with Gasteiger partial charge in [-0.05, 0) is 38.3 Å². The van der Waals surface area contributed by atoms with E-state index in [0.717, 1.165) is 43.3 Å². The van der Waals surface area contributed by atoms with E-state index in [2.05, 4.69) is 49.9 Å². The Bertz CT molecular complexity index is 370. The molecular formula is C15H27N3O. The second kappa shape index (κ2) is 8.23. The first-order valence-electron chi connectivity index (χ1n) is 7.22. The highest BCUT2D eigenvalue weighted by Crippen LogP contribution is 2.20. The lowest BCUT2D eigenvalue weighted by molar-refractivity contribution is 0.115. The Balaban J connectivity index is 2.78. The fourth-order valence-electron chi connectivity index (χ4n) is 2.34. The summed E-state index contributed by atoms with van der Waals surface area (Å²) in [6.07, 6.45) is 1.02. The van der Waals surface area contributed by atoms with E-state index < -0.39 is 0 Å². The number of hydrogen-bond donors (Lipinski definition) is 1. The fraction of sp³-hybridized carbons (Fsp3) is 0.733. The molecule has 1 rings (SSSR count). The smallest absolute Gasteiger partial charge is 0.154 e. The van der Waals surface area contributed by atoms with Crippen molar-refractivity contribution in [3.8, 4) is 0 Å². The predicted octanol–water partition coefficient (Wildman–Crippen LogP) is 2.73. The molecule has 1 atom stereocenters. The molecule has 0 aliphatic carbocycles. The molecule has 0 spiro atoms. The minimum atomic E-state index is 0.436. The van der Waals surface area contributed by atoms with Gasteiger partial charge in [0.1, 0.15) is 6.61 Å². The Morgan fingerprint density at radius 1 is 1.16 bits per heavy atom. The van der Waals surface area contributed by atoms with Crippen LogP contribution in [-0.2, 0) is 11.3 Å². The van der Waals surface area contributed by atoms with Gasteiger partial charge in [-0.1, -0.05) is 20.8 Å². The molecule has 0 bridgehead atoms. The maximum atomic E-state index is 5.51. The van der Waals surface area contributed by atoms with Crippen LogP contribution in [0, 0.1) is 13.8 Å². The van der Waals surface area contributed by atoms with Crippen molar-refractivity contribution in [1.29, 1.82) is 0 Å². The summed E-state index contributed by atoms with van der Waals surface area (Å²) in [5.74, 6) is 1.23. The summed E-state index contributed by atoms with van der Waals surface area (Å²) in [6, 6.07) is 0. The predicted molar refractivity (Wildman–Crippen MR) is 78.4 cm³/mol. The van der Waals surface area contributed by atoms with Crippen LogP contribution in [0.15, 0.2) is 0 Å². The van der Waals surface area contributed by atoms with Gasteiger partial charge in [0, 0.05) is 24.5 Å². The highest BCUT2D eigenvalue weighted by molar-refractivity contribution is 5.28. The maximum Gasteiger partial charge on any atom is 0.154 e. The molecule has 0 saturated carbocycles. The van der Waals surface area contributed by atoms with E-state index in [1.807, 2.05) is 0 Å². The molecule has 4 heteroatoms. The van der Waals surface area contributed by atoms with Gasteiger partial charge >= 0.3 is 0 Å². The number of nitrogens with one attached hydrogen (secondary N) is 1. The first kappa shape index (κ1) is 16.1. The third-order valence-corrected chi connectivity index (χ3v) is 3.15.